The zero-order chi connectivity index (χ0) is 11.8. The van der Waals surface area contributed by atoms with E-state index in [1.807, 2.05) is 0 Å². The van der Waals surface area contributed by atoms with Crippen molar-refractivity contribution < 1.29 is 24.5 Å². The number of morpholine rings is 2. The number of ether oxygens (including phenoxy) is 2. The van der Waals surface area contributed by atoms with E-state index in [2.05, 4.69) is 10.0 Å². The smallest absolute Gasteiger partial charge is 0.450 e. The van der Waals surface area contributed by atoms with Crippen LogP contribution in [-0.2, 0) is 9.47 Å². The first-order valence-corrected chi connectivity index (χ1v) is 5.27. The number of nitrogens with zero attached hydrogens (tertiary/aromatic N) is 2. The molecular formula is C9H18N2O5. The van der Waals surface area contributed by atoms with Gasteiger partial charge >= 0.3 is 6.16 Å². The third-order valence-corrected chi connectivity index (χ3v) is 2.37. The van der Waals surface area contributed by atoms with Gasteiger partial charge in [-0.2, -0.15) is 0 Å². The molecule has 2 fully saturated rings. The average Bonchev–Trinajstić information content (AvgIpc) is 2.31. The Kier molecular flexibility index (Phi) is 6.09. The van der Waals surface area contributed by atoms with Crippen molar-refractivity contribution in [3.05, 3.63) is 0 Å². The van der Waals surface area contributed by atoms with E-state index >= 15 is 0 Å². The molecule has 0 aliphatic carbocycles. The first-order valence-electron chi connectivity index (χ1n) is 5.27. The summed E-state index contributed by atoms with van der Waals surface area (Å²) in [6.45, 7) is 7.66. The molecule has 0 spiro atoms. The molecule has 0 amide bonds. The van der Waals surface area contributed by atoms with Gasteiger partial charge in [0.05, 0.1) is 26.4 Å². The van der Waals surface area contributed by atoms with Crippen molar-refractivity contribution in [2.75, 3.05) is 52.6 Å². The maximum atomic E-state index is 8.56. The largest absolute Gasteiger partial charge is 0.503 e. The average molecular weight is 234 g/mol. The molecule has 2 heterocycles. The predicted octanol–water partition coefficient (Wildman–Crippen LogP) is -0.212. The van der Waals surface area contributed by atoms with Crippen molar-refractivity contribution in [2.45, 2.75) is 0 Å². The Labute approximate surface area is 94.1 Å². The SMILES string of the molecule is C1CN(N2CCOCC2)CCO1.O=C(O)O. The normalized spacial score (nSPS) is 23.2. The van der Waals surface area contributed by atoms with Crippen LogP contribution in [-0.4, -0.2) is 79.0 Å². The lowest BCUT2D eigenvalue weighted by molar-refractivity contribution is -0.127. The number of hydrazine groups is 1. The fourth-order valence-corrected chi connectivity index (χ4v) is 1.67. The van der Waals surface area contributed by atoms with Gasteiger partial charge in [0.25, 0.3) is 0 Å². The van der Waals surface area contributed by atoms with Crippen molar-refractivity contribution in [3.8, 4) is 0 Å². The van der Waals surface area contributed by atoms with Gasteiger partial charge in [-0.1, -0.05) is 0 Å². The summed E-state index contributed by atoms with van der Waals surface area (Å²) in [5.41, 5.74) is 0. The molecule has 0 atom stereocenters. The Morgan fingerprint density at radius 2 is 1.06 bits per heavy atom. The molecule has 2 saturated heterocycles. The topological polar surface area (TPSA) is 82.5 Å². The fraction of sp³-hybridized carbons (Fsp3) is 0.889. The van der Waals surface area contributed by atoms with Gasteiger partial charge in [-0.25, -0.2) is 14.8 Å². The molecule has 7 heteroatoms. The maximum Gasteiger partial charge on any atom is 0.503 e. The molecule has 2 N–H and O–H groups in total. The van der Waals surface area contributed by atoms with Gasteiger partial charge in [0.1, 0.15) is 0 Å². The number of rotatable bonds is 1. The van der Waals surface area contributed by atoms with Gasteiger partial charge < -0.3 is 19.7 Å². The summed E-state index contributed by atoms with van der Waals surface area (Å²) in [5, 5.41) is 18.7. The minimum absolute atomic E-state index is 0.872. The first kappa shape index (κ1) is 13.2. The summed E-state index contributed by atoms with van der Waals surface area (Å²) >= 11 is 0. The van der Waals surface area contributed by atoms with Crippen molar-refractivity contribution in [2.24, 2.45) is 0 Å². The number of hydrogen-bond acceptors (Lipinski definition) is 5. The number of hydrogen-bond donors (Lipinski definition) is 2. The van der Waals surface area contributed by atoms with E-state index in [0.717, 1.165) is 52.6 Å². The van der Waals surface area contributed by atoms with Gasteiger partial charge in [0, 0.05) is 26.2 Å². The molecule has 94 valence electrons. The highest BCUT2D eigenvalue weighted by atomic mass is 16.6. The van der Waals surface area contributed by atoms with Crippen LogP contribution in [0.2, 0.25) is 0 Å². The number of carboxylic acid groups (broad SMARTS) is 2. The molecule has 2 aliphatic rings. The highest BCUT2D eigenvalue weighted by Gasteiger charge is 2.19. The molecule has 2 aliphatic heterocycles. The maximum absolute atomic E-state index is 8.56. The molecule has 0 bridgehead atoms. The van der Waals surface area contributed by atoms with E-state index in [0.29, 0.717) is 0 Å². The van der Waals surface area contributed by atoms with Gasteiger partial charge in [0.2, 0.25) is 0 Å². The Bertz CT molecular complexity index is 182. The van der Waals surface area contributed by atoms with Crippen molar-refractivity contribution in [3.63, 3.8) is 0 Å². The molecule has 0 radical (unpaired) electrons. The van der Waals surface area contributed by atoms with Crippen LogP contribution in [0.25, 0.3) is 0 Å². The Hall–Kier alpha value is -0.890. The monoisotopic (exact) mass is 234 g/mol. The summed E-state index contributed by atoms with van der Waals surface area (Å²) in [5.74, 6) is 0. The van der Waals surface area contributed by atoms with Crippen LogP contribution in [0.1, 0.15) is 0 Å². The van der Waals surface area contributed by atoms with E-state index in [-0.39, 0.29) is 0 Å². The first-order chi connectivity index (χ1) is 7.70. The third kappa shape index (κ3) is 5.26. The second-order valence-corrected chi connectivity index (χ2v) is 3.41. The van der Waals surface area contributed by atoms with E-state index in [1.54, 1.807) is 0 Å². The van der Waals surface area contributed by atoms with Crippen molar-refractivity contribution >= 4 is 6.16 Å². The second kappa shape index (κ2) is 7.39. The lowest BCUT2D eigenvalue weighted by Gasteiger charge is -2.39. The van der Waals surface area contributed by atoms with Crippen molar-refractivity contribution in [1.82, 2.24) is 10.0 Å². The predicted molar refractivity (Wildman–Crippen MR) is 55.4 cm³/mol. The molecule has 7 nitrogen and oxygen atoms in total. The van der Waals surface area contributed by atoms with E-state index in [9.17, 15) is 0 Å². The van der Waals surface area contributed by atoms with Crippen LogP contribution in [0.3, 0.4) is 0 Å². The van der Waals surface area contributed by atoms with Gasteiger partial charge in [-0.15, -0.1) is 0 Å². The van der Waals surface area contributed by atoms with E-state index < -0.39 is 6.16 Å². The Morgan fingerprint density at radius 3 is 1.31 bits per heavy atom. The molecule has 2 rings (SSSR count). The van der Waals surface area contributed by atoms with Gasteiger partial charge in [-0.3, -0.25) is 0 Å². The van der Waals surface area contributed by atoms with Crippen LogP contribution < -0.4 is 0 Å². The summed E-state index contributed by atoms with van der Waals surface area (Å²) < 4.78 is 10.6. The van der Waals surface area contributed by atoms with Crippen LogP contribution in [0.15, 0.2) is 0 Å². The second-order valence-electron chi connectivity index (χ2n) is 3.41. The highest BCUT2D eigenvalue weighted by molar-refractivity contribution is 5.53. The number of carbonyl (C=O) groups is 1. The van der Waals surface area contributed by atoms with Crippen LogP contribution in [0, 0.1) is 0 Å². The lowest BCUT2D eigenvalue weighted by Crippen LogP contribution is -2.52. The summed E-state index contributed by atoms with van der Waals surface area (Å²) in [6.07, 6.45) is -1.83. The molecule has 0 saturated carbocycles. The van der Waals surface area contributed by atoms with Gasteiger partial charge in [0.15, 0.2) is 0 Å². The van der Waals surface area contributed by atoms with Crippen LogP contribution >= 0.6 is 0 Å². The third-order valence-electron chi connectivity index (χ3n) is 2.37. The minimum Gasteiger partial charge on any atom is -0.450 e. The summed E-state index contributed by atoms with van der Waals surface area (Å²) in [7, 11) is 0. The molecule has 0 unspecified atom stereocenters. The minimum atomic E-state index is -1.83. The molecular weight excluding hydrogens is 216 g/mol. The fourth-order valence-electron chi connectivity index (χ4n) is 1.67. The molecule has 0 aromatic rings. The Morgan fingerprint density at radius 1 is 0.812 bits per heavy atom. The molecule has 0 aromatic heterocycles. The zero-order valence-electron chi connectivity index (χ0n) is 9.17. The highest BCUT2D eigenvalue weighted by Crippen LogP contribution is 2.05. The summed E-state index contributed by atoms with van der Waals surface area (Å²) in [6, 6.07) is 0. The van der Waals surface area contributed by atoms with Gasteiger partial charge in [-0.05, 0) is 0 Å². The van der Waals surface area contributed by atoms with Crippen LogP contribution in [0.4, 0.5) is 4.79 Å². The molecule has 0 aromatic carbocycles. The van der Waals surface area contributed by atoms with Crippen LogP contribution in [0.5, 0.6) is 0 Å². The van der Waals surface area contributed by atoms with E-state index in [4.69, 9.17) is 24.5 Å². The van der Waals surface area contributed by atoms with Crippen molar-refractivity contribution in [1.29, 1.82) is 0 Å². The summed E-state index contributed by atoms with van der Waals surface area (Å²) in [4.78, 5) is 8.56. The molecule has 16 heavy (non-hydrogen) atoms. The quantitative estimate of drug-likeness (QED) is 0.649. The Balaban J connectivity index is 0.000000280. The lowest BCUT2D eigenvalue weighted by atomic mass is 10.4. The standard InChI is InChI=1S/C8H16N2O2.CH2O3/c1-5-11-6-2-9(1)10-3-7-12-8-4-10;2-1(3)4/h1-8H2;(H2,2,3,4). The van der Waals surface area contributed by atoms with E-state index in [1.165, 1.54) is 0 Å². The zero-order valence-corrected chi connectivity index (χ0v) is 9.17.